The standard InChI is InChI=1S/C18H19N5S/c1-2-4-15(5-3-1)18-21-16(13-24-18)12-22-8-10-23(11-9-22)17-6-7-19-14-20-17/h1-7,13-14H,8-12H2. The number of anilines is 1. The zero-order chi connectivity index (χ0) is 16.2. The molecule has 0 atom stereocenters. The topological polar surface area (TPSA) is 45.2 Å². The van der Waals surface area contributed by atoms with Crippen molar-refractivity contribution >= 4 is 17.2 Å². The van der Waals surface area contributed by atoms with Gasteiger partial charge in [-0.05, 0) is 6.07 Å². The molecule has 3 aromatic rings. The first-order valence-electron chi connectivity index (χ1n) is 8.11. The van der Waals surface area contributed by atoms with Gasteiger partial charge in [0.2, 0.25) is 0 Å². The second-order valence-electron chi connectivity index (χ2n) is 5.84. The molecule has 3 heterocycles. The van der Waals surface area contributed by atoms with Crippen LogP contribution in [0.5, 0.6) is 0 Å². The van der Waals surface area contributed by atoms with Gasteiger partial charge >= 0.3 is 0 Å². The Bertz CT molecular complexity index is 766. The van der Waals surface area contributed by atoms with Crippen LogP contribution in [0.25, 0.3) is 10.6 Å². The Morgan fingerprint density at radius 1 is 1.00 bits per heavy atom. The Hall–Kier alpha value is -2.31. The van der Waals surface area contributed by atoms with Gasteiger partial charge in [0.1, 0.15) is 17.2 Å². The molecule has 1 aliphatic heterocycles. The maximum absolute atomic E-state index is 4.79. The van der Waals surface area contributed by atoms with Crippen molar-refractivity contribution in [1.29, 1.82) is 0 Å². The third-order valence-electron chi connectivity index (χ3n) is 4.22. The van der Waals surface area contributed by atoms with Gasteiger partial charge in [-0.1, -0.05) is 30.3 Å². The fraction of sp³-hybridized carbons (Fsp3) is 0.278. The number of thiazole rings is 1. The highest BCUT2D eigenvalue weighted by atomic mass is 32.1. The molecule has 24 heavy (non-hydrogen) atoms. The van der Waals surface area contributed by atoms with Crippen LogP contribution in [0.1, 0.15) is 5.69 Å². The van der Waals surface area contributed by atoms with Gasteiger partial charge in [-0.3, -0.25) is 4.90 Å². The van der Waals surface area contributed by atoms with Crippen molar-refractivity contribution in [3.8, 4) is 10.6 Å². The molecule has 6 heteroatoms. The van der Waals surface area contributed by atoms with Crippen LogP contribution in [-0.2, 0) is 6.54 Å². The molecule has 5 nitrogen and oxygen atoms in total. The molecule has 0 bridgehead atoms. The van der Waals surface area contributed by atoms with Gasteiger partial charge in [0.15, 0.2) is 0 Å². The maximum Gasteiger partial charge on any atom is 0.131 e. The minimum atomic E-state index is 0.918. The van der Waals surface area contributed by atoms with E-state index in [0.717, 1.165) is 49.2 Å². The highest BCUT2D eigenvalue weighted by Gasteiger charge is 2.18. The van der Waals surface area contributed by atoms with E-state index in [0.29, 0.717) is 0 Å². The summed E-state index contributed by atoms with van der Waals surface area (Å²) in [4.78, 5) is 17.9. The van der Waals surface area contributed by atoms with E-state index in [-0.39, 0.29) is 0 Å². The minimum absolute atomic E-state index is 0.918. The summed E-state index contributed by atoms with van der Waals surface area (Å²) in [5.41, 5.74) is 2.36. The average molecular weight is 337 g/mol. The maximum atomic E-state index is 4.79. The first-order chi connectivity index (χ1) is 11.9. The summed E-state index contributed by atoms with van der Waals surface area (Å²) in [5.74, 6) is 1.02. The molecule has 1 aliphatic rings. The largest absolute Gasteiger partial charge is 0.354 e. The molecular weight excluding hydrogens is 318 g/mol. The van der Waals surface area contributed by atoms with E-state index >= 15 is 0 Å². The van der Waals surface area contributed by atoms with Gasteiger partial charge in [-0.15, -0.1) is 11.3 Å². The molecule has 1 saturated heterocycles. The van der Waals surface area contributed by atoms with Crippen LogP contribution in [-0.4, -0.2) is 46.0 Å². The van der Waals surface area contributed by atoms with E-state index in [2.05, 4.69) is 49.4 Å². The minimum Gasteiger partial charge on any atom is -0.354 e. The van der Waals surface area contributed by atoms with Crippen LogP contribution in [0.2, 0.25) is 0 Å². The molecule has 0 N–H and O–H groups in total. The van der Waals surface area contributed by atoms with Crippen LogP contribution in [0.15, 0.2) is 54.3 Å². The summed E-state index contributed by atoms with van der Waals surface area (Å²) in [6.07, 6.45) is 3.41. The highest BCUT2D eigenvalue weighted by molar-refractivity contribution is 7.13. The van der Waals surface area contributed by atoms with Gasteiger partial charge in [0.05, 0.1) is 5.69 Å². The van der Waals surface area contributed by atoms with Gasteiger partial charge in [-0.2, -0.15) is 0 Å². The number of aromatic nitrogens is 3. The summed E-state index contributed by atoms with van der Waals surface area (Å²) in [5, 5.41) is 3.28. The van der Waals surface area contributed by atoms with Gasteiger partial charge in [-0.25, -0.2) is 15.0 Å². The zero-order valence-electron chi connectivity index (χ0n) is 13.4. The van der Waals surface area contributed by atoms with E-state index < -0.39 is 0 Å². The predicted molar refractivity (Wildman–Crippen MR) is 97.1 cm³/mol. The summed E-state index contributed by atoms with van der Waals surface area (Å²) in [7, 11) is 0. The molecule has 0 unspecified atom stereocenters. The molecule has 0 aliphatic carbocycles. The van der Waals surface area contributed by atoms with E-state index in [4.69, 9.17) is 4.98 Å². The number of piperazine rings is 1. The Kier molecular flexibility index (Phi) is 4.49. The highest BCUT2D eigenvalue weighted by Crippen LogP contribution is 2.24. The van der Waals surface area contributed by atoms with Crippen LogP contribution < -0.4 is 4.90 Å². The molecule has 0 saturated carbocycles. The number of rotatable bonds is 4. The fourth-order valence-electron chi connectivity index (χ4n) is 2.93. The molecule has 4 rings (SSSR count). The van der Waals surface area contributed by atoms with E-state index in [9.17, 15) is 0 Å². The second kappa shape index (κ2) is 7.07. The van der Waals surface area contributed by atoms with Crippen molar-refractivity contribution in [1.82, 2.24) is 19.9 Å². The summed E-state index contributed by atoms with van der Waals surface area (Å²) >= 11 is 1.72. The lowest BCUT2D eigenvalue weighted by molar-refractivity contribution is 0.247. The van der Waals surface area contributed by atoms with Crippen molar-refractivity contribution in [3.05, 3.63) is 60.0 Å². The molecule has 0 amide bonds. The van der Waals surface area contributed by atoms with Gasteiger partial charge in [0.25, 0.3) is 0 Å². The quantitative estimate of drug-likeness (QED) is 0.732. The molecule has 0 radical (unpaired) electrons. The number of hydrogen-bond donors (Lipinski definition) is 0. The zero-order valence-corrected chi connectivity index (χ0v) is 14.2. The molecular formula is C18H19N5S. The molecule has 1 aromatic carbocycles. The van der Waals surface area contributed by atoms with E-state index in [1.165, 1.54) is 5.56 Å². The van der Waals surface area contributed by atoms with Crippen molar-refractivity contribution in [2.75, 3.05) is 31.1 Å². The van der Waals surface area contributed by atoms with Crippen LogP contribution in [0.4, 0.5) is 5.82 Å². The third-order valence-corrected chi connectivity index (χ3v) is 5.16. The molecule has 0 spiro atoms. The van der Waals surface area contributed by atoms with Crippen molar-refractivity contribution in [3.63, 3.8) is 0 Å². The molecule has 122 valence electrons. The Morgan fingerprint density at radius 2 is 1.83 bits per heavy atom. The van der Waals surface area contributed by atoms with Crippen LogP contribution in [0, 0.1) is 0 Å². The van der Waals surface area contributed by atoms with Crippen molar-refractivity contribution in [2.24, 2.45) is 0 Å². The monoisotopic (exact) mass is 337 g/mol. The number of benzene rings is 1. The Balaban J connectivity index is 1.35. The normalized spacial score (nSPS) is 15.6. The Labute approximate surface area is 145 Å². The fourth-order valence-corrected chi connectivity index (χ4v) is 3.74. The van der Waals surface area contributed by atoms with Crippen molar-refractivity contribution in [2.45, 2.75) is 6.54 Å². The van der Waals surface area contributed by atoms with Gasteiger partial charge in [0, 0.05) is 49.9 Å². The Morgan fingerprint density at radius 3 is 2.58 bits per heavy atom. The lowest BCUT2D eigenvalue weighted by Crippen LogP contribution is -2.46. The van der Waals surface area contributed by atoms with Crippen LogP contribution >= 0.6 is 11.3 Å². The van der Waals surface area contributed by atoms with E-state index in [1.54, 1.807) is 23.9 Å². The number of nitrogens with zero attached hydrogens (tertiary/aromatic N) is 5. The smallest absolute Gasteiger partial charge is 0.131 e. The lowest BCUT2D eigenvalue weighted by Gasteiger charge is -2.34. The van der Waals surface area contributed by atoms with E-state index in [1.807, 2.05) is 12.1 Å². The first kappa shape index (κ1) is 15.2. The predicted octanol–water partition coefficient (Wildman–Crippen LogP) is 2.92. The lowest BCUT2D eigenvalue weighted by atomic mass is 10.2. The van der Waals surface area contributed by atoms with Crippen LogP contribution in [0.3, 0.4) is 0 Å². The third kappa shape index (κ3) is 3.44. The molecule has 1 fully saturated rings. The first-order valence-corrected chi connectivity index (χ1v) is 8.99. The summed E-state index contributed by atoms with van der Waals surface area (Å²) < 4.78 is 0. The second-order valence-corrected chi connectivity index (χ2v) is 6.70. The van der Waals surface area contributed by atoms with Gasteiger partial charge < -0.3 is 4.90 Å². The SMILES string of the molecule is c1ccc(-c2nc(CN3CCN(c4ccncn4)CC3)cs2)cc1. The number of hydrogen-bond acceptors (Lipinski definition) is 6. The summed E-state index contributed by atoms with van der Waals surface area (Å²) in [6.45, 7) is 4.96. The average Bonchev–Trinajstić information content (AvgIpc) is 3.12. The summed E-state index contributed by atoms with van der Waals surface area (Å²) in [6, 6.07) is 12.4. The molecule has 2 aromatic heterocycles. The van der Waals surface area contributed by atoms with Crippen molar-refractivity contribution < 1.29 is 0 Å².